The zero-order valence-corrected chi connectivity index (χ0v) is 16.1. The standard InChI is InChI=1S/C20H26N4O3/c1-4-11-24(12-5-2)20-21-13-16(14-22-20)18(25)23-17-9-7-15(8-10-17)19(26)27-6-3/h7-10,13-14H,4-6,11-12H2,1-3H3,(H,23,25). The molecule has 1 heterocycles. The predicted molar refractivity (Wildman–Crippen MR) is 105 cm³/mol. The second-order valence-corrected chi connectivity index (χ2v) is 6.01. The van der Waals surface area contributed by atoms with Gasteiger partial charge in [-0.1, -0.05) is 13.8 Å². The lowest BCUT2D eigenvalue weighted by Crippen LogP contribution is -2.27. The molecule has 2 aromatic rings. The molecule has 1 aromatic carbocycles. The molecule has 0 fully saturated rings. The highest BCUT2D eigenvalue weighted by Crippen LogP contribution is 2.13. The van der Waals surface area contributed by atoms with Gasteiger partial charge in [0.1, 0.15) is 0 Å². The zero-order chi connectivity index (χ0) is 19.6. The molecule has 0 aliphatic heterocycles. The number of carbonyl (C=O) groups is 2. The van der Waals surface area contributed by atoms with Crippen LogP contribution in [0.5, 0.6) is 0 Å². The topological polar surface area (TPSA) is 84.4 Å². The molecule has 1 aromatic heterocycles. The molecule has 7 nitrogen and oxygen atoms in total. The molecule has 1 N–H and O–H groups in total. The molecule has 7 heteroatoms. The first-order valence-electron chi connectivity index (χ1n) is 9.24. The van der Waals surface area contributed by atoms with E-state index >= 15 is 0 Å². The summed E-state index contributed by atoms with van der Waals surface area (Å²) in [6.45, 7) is 8.05. The molecule has 0 saturated heterocycles. The fourth-order valence-electron chi connectivity index (χ4n) is 2.56. The Morgan fingerprint density at radius 3 is 2.07 bits per heavy atom. The number of aromatic nitrogens is 2. The van der Waals surface area contributed by atoms with Crippen molar-refractivity contribution in [3.63, 3.8) is 0 Å². The van der Waals surface area contributed by atoms with Gasteiger partial charge in [-0.05, 0) is 44.0 Å². The van der Waals surface area contributed by atoms with Crippen LogP contribution in [-0.4, -0.2) is 41.5 Å². The third kappa shape index (κ3) is 5.77. The van der Waals surface area contributed by atoms with Gasteiger partial charge in [-0.25, -0.2) is 14.8 Å². The molecule has 1 amide bonds. The van der Waals surface area contributed by atoms with E-state index in [0.717, 1.165) is 25.9 Å². The first-order valence-corrected chi connectivity index (χ1v) is 9.24. The maximum absolute atomic E-state index is 12.4. The summed E-state index contributed by atoms with van der Waals surface area (Å²) in [5, 5.41) is 2.77. The van der Waals surface area contributed by atoms with Gasteiger partial charge in [0.05, 0.1) is 17.7 Å². The second-order valence-electron chi connectivity index (χ2n) is 6.01. The molecule has 2 rings (SSSR count). The van der Waals surface area contributed by atoms with Crippen molar-refractivity contribution in [3.8, 4) is 0 Å². The van der Waals surface area contributed by atoms with Gasteiger partial charge in [0.2, 0.25) is 5.95 Å². The van der Waals surface area contributed by atoms with Gasteiger partial charge in [-0.15, -0.1) is 0 Å². The fraction of sp³-hybridized carbons (Fsp3) is 0.400. The molecular weight excluding hydrogens is 344 g/mol. The number of hydrogen-bond acceptors (Lipinski definition) is 6. The van der Waals surface area contributed by atoms with Gasteiger partial charge >= 0.3 is 5.97 Å². The van der Waals surface area contributed by atoms with Gasteiger partial charge in [-0.2, -0.15) is 0 Å². The Labute approximate surface area is 159 Å². The molecule has 0 saturated carbocycles. The summed E-state index contributed by atoms with van der Waals surface area (Å²) in [5.41, 5.74) is 1.39. The van der Waals surface area contributed by atoms with Crippen LogP contribution in [0.2, 0.25) is 0 Å². The summed E-state index contributed by atoms with van der Waals surface area (Å²) >= 11 is 0. The monoisotopic (exact) mass is 370 g/mol. The minimum absolute atomic E-state index is 0.303. The van der Waals surface area contributed by atoms with Crippen LogP contribution in [0.1, 0.15) is 54.3 Å². The zero-order valence-electron chi connectivity index (χ0n) is 16.1. The van der Waals surface area contributed by atoms with Crippen molar-refractivity contribution >= 4 is 23.5 Å². The Kier molecular flexibility index (Phi) is 7.73. The van der Waals surface area contributed by atoms with Crippen molar-refractivity contribution in [1.82, 2.24) is 9.97 Å². The average molecular weight is 370 g/mol. The molecular formula is C20H26N4O3. The van der Waals surface area contributed by atoms with Crippen LogP contribution in [0.25, 0.3) is 0 Å². The molecule has 0 atom stereocenters. The van der Waals surface area contributed by atoms with E-state index in [2.05, 4.69) is 34.0 Å². The quantitative estimate of drug-likeness (QED) is 0.680. The summed E-state index contributed by atoms with van der Waals surface area (Å²) in [5.74, 6) is -0.0555. The number of amides is 1. The predicted octanol–water partition coefficient (Wildman–Crippen LogP) is 3.53. The summed E-state index contributed by atoms with van der Waals surface area (Å²) in [6.07, 6.45) is 5.08. The Hall–Kier alpha value is -2.96. The van der Waals surface area contributed by atoms with Crippen LogP contribution in [0, 0.1) is 0 Å². The highest BCUT2D eigenvalue weighted by molar-refractivity contribution is 6.04. The van der Waals surface area contributed by atoms with E-state index in [1.807, 2.05) is 0 Å². The van der Waals surface area contributed by atoms with Crippen molar-refractivity contribution in [2.24, 2.45) is 0 Å². The van der Waals surface area contributed by atoms with E-state index in [1.54, 1.807) is 31.2 Å². The van der Waals surface area contributed by atoms with Crippen molar-refractivity contribution in [3.05, 3.63) is 47.8 Å². The van der Waals surface area contributed by atoms with Crippen LogP contribution in [-0.2, 0) is 4.74 Å². The number of ether oxygens (including phenoxy) is 1. The van der Waals surface area contributed by atoms with Crippen molar-refractivity contribution in [1.29, 1.82) is 0 Å². The Balaban J connectivity index is 2.02. The summed E-state index contributed by atoms with van der Waals surface area (Å²) in [4.78, 5) is 34.8. The van der Waals surface area contributed by atoms with Crippen LogP contribution in [0.15, 0.2) is 36.7 Å². The first kappa shape index (κ1) is 20.4. The number of nitrogens with zero attached hydrogens (tertiary/aromatic N) is 3. The van der Waals surface area contributed by atoms with Crippen molar-refractivity contribution in [2.45, 2.75) is 33.6 Å². The lowest BCUT2D eigenvalue weighted by atomic mass is 10.2. The normalized spacial score (nSPS) is 10.3. The molecule has 0 aliphatic carbocycles. The van der Waals surface area contributed by atoms with Gasteiger partial charge < -0.3 is 15.0 Å². The van der Waals surface area contributed by atoms with E-state index in [1.165, 1.54) is 12.4 Å². The minimum Gasteiger partial charge on any atom is -0.462 e. The summed E-state index contributed by atoms with van der Waals surface area (Å²) in [7, 11) is 0. The molecule has 0 spiro atoms. The van der Waals surface area contributed by atoms with E-state index in [9.17, 15) is 9.59 Å². The van der Waals surface area contributed by atoms with E-state index in [-0.39, 0.29) is 11.9 Å². The van der Waals surface area contributed by atoms with Crippen LogP contribution >= 0.6 is 0 Å². The molecule has 0 bridgehead atoms. The maximum Gasteiger partial charge on any atom is 0.338 e. The minimum atomic E-state index is -0.386. The maximum atomic E-state index is 12.4. The summed E-state index contributed by atoms with van der Waals surface area (Å²) in [6, 6.07) is 6.54. The molecule has 0 radical (unpaired) electrons. The van der Waals surface area contributed by atoms with E-state index in [4.69, 9.17) is 4.74 Å². The van der Waals surface area contributed by atoms with Crippen molar-refractivity contribution < 1.29 is 14.3 Å². The third-order valence-electron chi connectivity index (χ3n) is 3.82. The van der Waals surface area contributed by atoms with E-state index in [0.29, 0.717) is 29.4 Å². The highest BCUT2D eigenvalue weighted by Gasteiger charge is 2.12. The fourth-order valence-corrected chi connectivity index (χ4v) is 2.56. The van der Waals surface area contributed by atoms with Gasteiger partial charge in [-0.3, -0.25) is 4.79 Å². The Morgan fingerprint density at radius 2 is 1.56 bits per heavy atom. The third-order valence-corrected chi connectivity index (χ3v) is 3.82. The van der Waals surface area contributed by atoms with Crippen LogP contribution in [0.3, 0.4) is 0 Å². The summed E-state index contributed by atoms with van der Waals surface area (Å²) < 4.78 is 4.94. The van der Waals surface area contributed by atoms with Gasteiger partial charge in [0.15, 0.2) is 0 Å². The number of rotatable bonds is 9. The number of hydrogen-bond donors (Lipinski definition) is 1. The molecule has 0 aliphatic rings. The molecule has 0 unspecified atom stereocenters. The Morgan fingerprint density at radius 1 is 0.963 bits per heavy atom. The van der Waals surface area contributed by atoms with Crippen LogP contribution in [0.4, 0.5) is 11.6 Å². The highest BCUT2D eigenvalue weighted by atomic mass is 16.5. The number of carbonyl (C=O) groups excluding carboxylic acids is 2. The Bertz CT molecular complexity index is 739. The number of nitrogens with one attached hydrogen (secondary N) is 1. The smallest absolute Gasteiger partial charge is 0.338 e. The number of anilines is 2. The lowest BCUT2D eigenvalue weighted by Gasteiger charge is -2.21. The SMILES string of the molecule is CCCN(CCC)c1ncc(C(=O)Nc2ccc(C(=O)OCC)cc2)cn1. The number of benzene rings is 1. The second kappa shape index (κ2) is 10.3. The van der Waals surface area contributed by atoms with Crippen molar-refractivity contribution in [2.75, 3.05) is 29.9 Å². The van der Waals surface area contributed by atoms with E-state index < -0.39 is 0 Å². The lowest BCUT2D eigenvalue weighted by molar-refractivity contribution is 0.0526. The largest absolute Gasteiger partial charge is 0.462 e. The van der Waals surface area contributed by atoms with Gasteiger partial charge in [0, 0.05) is 31.2 Å². The average Bonchev–Trinajstić information content (AvgIpc) is 2.68. The number of esters is 1. The molecule has 27 heavy (non-hydrogen) atoms. The molecule has 144 valence electrons. The van der Waals surface area contributed by atoms with Gasteiger partial charge in [0.25, 0.3) is 5.91 Å². The first-order chi connectivity index (χ1) is 13.1. The van der Waals surface area contributed by atoms with Crippen LogP contribution < -0.4 is 10.2 Å².